The second-order valence-corrected chi connectivity index (χ2v) is 6.44. The first-order valence-corrected chi connectivity index (χ1v) is 8.50. The van der Waals surface area contributed by atoms with Gasteiger partial charge in [0.1, 0.15) is 5.75 Å². The molecule has 0 aliphatic heterocycles. The molecule has 0 aliphatic carbocycles. The van der Waals surface area contributed by atoms with Gasteiger partial charge >= 0.3 is 5.97 Å². The Morgan fingerprint density at radius 1 is 1.16 bits per heavy atom. The molecule has 0 radical (unpaired) electrons. The molecule has 1 heterocycles. The van der Waals surface area contributed by atoms with E-state index in [1.54, 1.807) is 48.8 Å². The summed E-state index contributed by atoms with van der Waals surface area (Å²) in [5.74, 6) is -0.0485. The zero-order valence-electron chi connectivity index (χ0n) is 12.9. The number of aromatic nitrogens is 1. The average molecular weight is 416 g/mol. The van der Waals surface area contributed by atoms with Gasteiger partial charge < -0.3 is 4.74 Å². The van der Waals surface area contributed by atoms with Gasteiger partial charge in [0, 0.05) is 28.1 Å². The Bertz CT molecular complexity index is 912. The quantitative estimate of drug-likeness (QED) is 0.323. The maximum atomic E-state index is 12.1. The number of pyridine rings is 1. The van der Waals surface area contributed by atoms with E-state index >= 15 is 0 Å². The summed E-state index contributed by atoms with van der Waals surface area (Å²) in [6.07, 6.45) is 4.75. The Labute approximate surface area is 158 Å². The summed E-state index contributed by atoms with van der Waals surface area (Å²) in [7, 11) is 0. The van der Waals surface area contributed by atoms with Crippen LogP contribution in [0.3, 0.4) is 0 Å². The molecule has 3 rings (SSSR count). The van der Waals surface area contributed by atoms with Crippen LogP contribution in [0, 0.1) is 0 Å². The fraction of sp³-hybridized carbons (Fsp3) is 0. The van der Waals surface area contributed by atoms with Crippen molar-refractivity contribution in [3.05, 3.63) is 87.6 Å². The third kappa shape index (κ3) is 4.98. The van der Waals surface area contributed by atoms with Crippen LogP contribution < -0.4 is 4.74 Å². The van der Waals surface area contributed by atoms with E-state index in [4.69, 9.17) is 16.3 Å². The van der Waals surface area contributed by atoms with Crippen LogP contribution in [0.15, 0.2) is 76.5 Å². The third-order valence-corrected chi connectivity index (χ3v) is 3.90. The van der Waals surface area contributed by atoms with Gasteiger partial charge in [-0.3, -0.25) is 9.98 Å². The summed E-state index contributed by atoms with van der Waals surface area (Å²) < 4.78 is 6.18. The van der Waals surface area contributed by atoms with Crippen LogP contribution in [-0.4, -0.2) is 17.2 Å². The van der Waals surface area contributed by atoms with Crippen molar-refractivity contribution in [1.82, 2.24) is 4.98 Å². The number of carbonyl (C=O) groups excluding carboxylic acids is 1. The van der Waals surface area contributed by atoms with Crippen LogP contribution >= 0.6 is 27.5 Å². The summed E-state index contributed by atoms with van der Waals surface area (Å²) in [5.41, 5.74) is 1.95. The first-order valence-electron chi connectivity index (χ1n) is 7.32. The molecule has 0 unspecified atom stereocenters. The SMILES string of the molecule is O=C(Oc1cc(Br)cc(C=Nc2ccc(Cl)cc2)c1)c1cccnc1. The van der Waals surface area contributed by atoms with Crippen molar-refractivity contribution in [3.63, 3.8) is 0 Å². The molecule has 0 atom stereocenters. The van der Waals surface area contributed by atoms with E-state index in [0.29, 0.717) is 16.3 Å². The highest BCUT2D eigenvalue weighted by molar-refractivity contribution is 9.10. The van der Waals surface area contributed by atoms with Gasteiger partial charge in [0.25, 0.3) is 0 Å². The van der Waals surface area contributed by atoms with Gasteiger partial charge in [0.05, 0.1) is 11.3 Å². The van der Waals surface area contributed by atoms with Crippen molar-refractivity contribution in [3.8, 4) is 5.75 Å². The van der Waals surface area contributed by atoms with Crippen LogP contribution in [0.4, 0.5) is 5.69 Å². The Morgan fingerprint density at radius 3 is 2.68 bits per heavy atom. The van der Waals surface area contributed by atoms with Gasteiger partial charge in [-0.1, -0.05) is 27.5 Å². The van der Waals surface area contributed by atoms with E-state index in [9.17, 15) is 4.79 Å². The molecule has 2 aromatic carbocycles. The minimum atomic E-state index is -0.466. The number of aliphatic imine (C=N–C) groups is 1. The van der Waals surface area contributed by atoms with E-state index in [0.717, 1.165) is 15.7 Å². The number of esters is 1. The van der Waals surface area contributed by atoms with Crippen molar-refractivity contribution in [2.24, 2.45) is 4.99 Å². The third-order valence-electron chi connectivity index (χ3n) is 3.19. The van der Waals surface area contributed by atoms with E-state index in [1.165, 1.54) is 6.20 Å². The minimum Gasteiger partial charge on any atom is -0.423 e. The molecule has 0 saturated heterocycles. The van der Waals surface area contributed by atoms with E-state index < -0.39 is 5.97 Å². The molecular weight excluding hydrogens is 404 g/mol. The van der Waals surface area contributed by atoms with Crippen LogP contribution in [0.5, 0.6) is 5.75 Å². The zero-order valence-corrected chi connectivity index (χ0v) is 15.2. The molecule has 6 heteroatoms. The first-order chi connectivity index (χ1) is 12.1. The molecule has 124 valence electrons. The molecular formula is C19H12BrClN2O2. The molecule has 3 aromatic rings. The smallest absolute Gasteiger partial charge is 0.345 e. The van der Waals surface area contributed by atoms with Crippen LogP contribution in [0.25, 0.3) is 0 Å². The number of hydrogen-bond acceptors (Lipinski definition) is 4. The number of hydrogen-bond donors (Lipinski definition) is 0. The molecule has 0 N–H and O–H groups in total. The van der Waals surface area contributed by atoms with Crippen LogP contribution in [-0.2, 0) is 0 Å². The second kappa shape index (κ2) is 8.05. The zero-order chi connectivity index (χ0) is 17.6. The highest BCUT2D eigenvalue weighted by Crippen LogP contribution is 2.23. The molecule has 0 fully saturated rings. The lowest BCUT2D eigenvalue weighted by molar-refractivity contribution is 0.0734. The van der Waals surface area contributed by atoms with Gasteiger partial charge in [-0.2, -0.15) is 0 Å². The summed E-state index contributed by atoms with van der Waals surface area (Å²) >= 11 is 9.27. The minimum absolute atomic E-state index is 0.388. The summed E-state index contributed by atoms with van der Waals surface area (Å²) in [4.78, 5) is 20.4. The average Bonchev–Trinajstić information content (AvgIpc) is 2.61. The standard InChI is InChI=1S/C19H12BrClN2O2/c20-15-8-13(11-23-17-5-3-16(21)4-6-17)9-18(10-15)25-19(24)14-2-1-7-22-12-14/h1-12H. The highest BCUT2D eigenvalue weighted by Gasteiger charge is 2.09. The fourth-order valence-electron chi connectivity index (χ4n) is 2.04. The van der Waals surface area contributed by atoms with Crippen molar-refractivity contribution in [2.75, 3.05) is 0 Å². The molecule has 25 heavy (non-hydrogen) atoms. The number of nitrogens with zero attached hydrogens (tertiary/aromatic N) is 2. The van der Waals surface area contributed by atoms with Crippen molar-refractivity contribution in [1.29, 1.82) is 0 Å². The Kier molecular flexibility index (Phi) is 5.58. The number of ether oxygens (including phenoxy) is 1. The Balaban J connectivity index is 1.78. The normalized spacial score (nSPS) is 10.8. The Hall–Kier alpha value is -2.50. The Morgan fingerprint density at radius 2 is 1.96 bits per heavy atom. The highest BCUT2D eigenvalue weighted by atomic mass is 79.9. The van der Waals surface area contributed by atoms with Crippen molar-refractivity contribution >= 4 is 45.4 Å². The number of rotatable bonds is 4. The molecule has 0 spiro atoms. The van der Waals surface area contributed by atoms with Crippen molar-refractivity contribution < 1.29 is 9.53 Å². The predicted octanol–water partition coefficient (Wildman–Crippen LogP) is 5.47. The number of carbonyl (C=O) groups is 1. The lowest BCUT2D eigenvalue weighted by Crippen LogP contribution is -2.08. The summed E-state index contributed by atoms with van der Waals surface area (Å²) in [6, 6.07) is 15.8. The van der Waals surface area contributed by atoms with E-state index in [1.807, 2.05) is 18.2 Å². The maximum absolute atomic E-state index is 12.1. The second-order valence-electron chi connectivity index (χ2n) is 5.09. The van der Waals surface area contributed by atoms with Gasteiger partial charge in [0.2, 0.25) is 0 Å². The molecule has 0 saturated carbocycles. The fourth-order valence-corrected chi connectivity index (χ4v) is 2.66. The molecule has 0 aliphatic rings. The topological polar surface area (TPSA) is 51.5 Å². The van der Waals surface area contributed by atoms with E-state index in [2.05, 4.69) is 25.9 Å². The van der Waals surface area contributed by atoms with Gasteiger partial charge in [-0.05, 0) is 60.2 Å². The van der Waals surface area contributed by atoms with Crippen LogP contribution in [0.2, 0.25) is 5.02 Å². The maximum Gasteiger partial charge on any atom is 0.345 e. The van der Waals surface area contributed by atoms with Crippen molar-refractivity contribution in [2.45, 2.75) is 0 Å². The first kappa shape index (κ1) is 17.3. The summed E-state index contributed by atoms with van der Waals surface area (Å²) in [5, 5.41) is 0.658. The van der Waals surface area contributed by atoms with Gasteiger partial charge in [-0.15, -0.1) is 0 Å². The predicted molar refractivity (Wildman–Crippen MR) is 102 cm³/mol. The van der Waals surface area contributed by atoms with Gasteiger partial charge in [-0.25, -0.2) is 4.79 Å². The lowest BCUT2D eigenvalue weighted by Gasteiger charge is -2.06. The number of halogens is 2. The number of benzene rings is 2. The van der Waals surface area contributed by atoms with E-state index in [-0.39, 0.29) is 0 Å². The summed E-state index contributed by atoms with van der Waals surface area (Å²) in [6.45, 7) is 0. The monoisotopic (exact) mass is 414 g/mol. The molecule has 1 aromatic heterocycles. The molecule has 0 amide bonds. The lowest BCUT2D eigenvalue weighted by atomic mass is 10.2. The molecule has 0 bridgehead atoms. The largest absolute Gasteiger partial charge is 0.423 e. The van der Waals surface area contributed by atoms with Gasteiger partial charge in [0.15, 0.2) is 0 Å². The molecule has 4 nitrogen and oxygen atoms in total. The van der Waals surface area contributed by atoms with Crippen LogP contribution in [0.1, 0.15) is 15.9 Å².